The summed E-state index contributed by atoms with van der Waals surface area (Å²) in [5, 5.41) is 2.63. The summed E-state index contributed by atoms with van der Waals surface area (Å²) in [4.78, 5) is 4.80. The molecule has 0 saturated carbocycles. The zero-order valence-corrected chi connectivity index (χ0v) is 35.3. The minimum atomic E-state index is -0.239. The van der Waals surface area contributed by atoms with Crippen LogP contribution in [0.3, 0.4) is 0 Å². The van der Waals surface area contributed by atoms with Crippen LogP contribution in [0.4, 0.5) is 22.7 Å². The quantitative estimate of drug-likeness (QED) is 0.105. The Bertz CT molecular complexity index is 2310. The molecule has 0 aromatic heterocycles. The normalized spacial score (nSPS) is 16.3. The van der Waals surface area contributed by atoms with Gasteiger partial charge in [-0.25, -0.2) is 0 Å². The number of benzene rings is 5. The van der Waals surface area contributed by atoms with Gasteiger partial charge in [-0.1, -0.05) is 73.7 Å². The third kappa shape index (κ3) is 6.93. The van der Waals surface area contributed by atoms with Gasteiger partial charge in [-0.2, -0.15) is 0 Å². The summed E-state index contributed by atoms with van der Waals surface area (Å²) in [6.45, 7) is 24.9. The minimum Gasteiger partial charge on any atom is -0.372 e. The highest BCUT2D eigenvalue weighted by Crippen LogP contribution is 2.48. The molecule has 1 unspecified atom stereocenters. The Morgan fingerprint density at radius 2 is 1.02 bits per heavy atom. The molecule has 5 aromatic rings. The highest BCUT2D eigenvalue weighted by Gasteiger charge is 2.55. The summed E-state index contributed by atoms with van der Waals surface area (Å²) in [5.74, 6) is 0. The van der Waals surface area contributed by atoms with Gasteiger partial charge in [0.1, 0.15) is 0 Å². The SMILES string of the molecule is CCCC([N+]1=C(/C=C/c2ccc(N(CC)CC)cc2)C(C)(C)c2ccccc21)[N+]1=C(/C=C/c2ccc(N(CC)CC)cc2)C(C)(C)c2c1ccc1ccccc21. The van der Waals surface area contributed by atoms with Crippen molar-refractivity contribution in [3.05, 3.63) is 144 Å². The molecule has 0 aliphatic carbocycles. The van der Waals surface area contributed by atoms with Crippen LogP contribution < -0.4 is 9.80 Å². The van der Waals surface area contributed by atoms with Crippen LogP contribution in [-0.4, -0.2) is 52.9 Å². The molecule has 0 radical (unpaired) electrons. The zero-order valence-electron chi connectivity index (χ0n) is 35.3. The van der Waals surface area contributed by atoms with Crippen LogP contribution in [0, 0.1) is 0 Å². The highest BCUT2D eigenvalue weighted by molar-refractivity contribution is 6.09. The average Bonchev–Trinajstić information content (AvgIpc) is 3.59. The lowest BCUT2D eigenvalue weighted by Crippen LogP contribution is -2.40. The molecular weight excluding hydrogens is 681 g/mol. The molecule has 5 aromatic carbocycles. The van der Waals surface area contributed by atoms with Gasteiger partial charge in [-0.3, -0.25) is 0 Å². The molecule has 0 fully saturated rings. The van der Waals surface area contributed by atoms with Crippen molar-refractivity contribution in [2.75, 3.05) is 36.0 Å². The molecule has 2 aliphatic heterocycles. The van der Waals surface area contributed by atoms with Crippen molar-refractivity contribution in [1.82, 2.24) is 0 Å². The molecule has 56 heavy (non-hydrogen) atoms. The molecule has 0 amide bonds. The number of fused-ring (bicyclic) bond motifs is 4. The van der Waals surface area contributed by atoms with Gasteiger partial charge in [-0.05, 0) is 126 Å². The number of allylic oxidation sites excluding steroid dienone is 2. The van der Waals surface area contributed by atoms with E-state index in [1.54, 1.807) is 0 Å². The van der Waals surface area contributed by atoms with E-state index in [0.717, 1.165) is 39.0 Å². The van der Waals surface area contributed by atoms with Crippen LogP contribution in [0.1, 0.15) is 97.4 Å². The fourth-order valence-corrected chi connectivity index (χ4v) is 9.43. The number of nitrogens with zero attached hydrogens (tertiary/aromatic N) is 4. The summed E-state index contributed by atoms with van der Waals surface area (Å²) in [6, 6.07) is 40.9. The topological polar surface area (TPSA) is 12.5 Å². The summed E-state index contributed by atoms with van der Waals surface area (Å²) >= 11 is 0. The molecule has 2 aliphatic rings. The van der Waals surface area contributed by atoms with Crippen molar-refractivity contribution in [1.29, 1.82) is 0 Å². The molecule has 4 nitrogen and oxygen atoms in total. The molecule has 7 rings (SSSR count). The Kier molecular flexibility index (Phi) is 11.2. The lowest BCUT2D eigenvalue weighted by Gasteiger charge is -2.21. The van der Waals surface area contributed by atoms with Gasteiger partial charge < -0.3 is 9.80 Å². The van der Waals surface area contributed by atoms with Gasteiger partial charge in [0.15, 0.2) is 11.4 Å². The second-order valence-electron chi connectivity index (χ2n) is 16.4. The van der Waals surface area contributed by atoms with Crippen molar-refractivity contribution < 1.29 is 9.15 Å². The van der Waals surface area contributed by atoms with Crippen molar-refractivity contribution in [2.24, 2.45) is 0 Å². The minimum absolute atomic E-state index is 0.0546. The highest BCUT2D eigenvalue weighted by atomic mass is 15.3. The predicted octanol–water partition coefficient (Wildman–Crippen LogP) is 12.5. The molecule has 0 N–H and O–H groups in total. The van der Waals surface area contributed by atoms with Gasteiger partial charge in [0.05, 0.1) is 17.3 Å². The first-order valence-electron chi connectivity index (χ1n) is 21.1. The first-order chi connectivity index (χ1) is 27.1. The maximum atomic E-state index is 2.71. The lowest BCUT2D eigenvalue weighted by atomic mass is 9.79. The van der Waals surface area contributed by atoms with E-state index in [4.69, 9.17) is 0 Å². The fourth-order valence-electron chi connectivity index (χ4n) is 9.43. The zero-order chi connectivity index (χ0) is 39.6. The van der Waals surface area contributed by atoms with Gasteiger partial charge in [0.25, 0.3) is 0 Å². The maximum absolute atomic E-state index is 2.71. The monoisotopic (exact) mass is 742 g/mol. The molecule has 0 bridgehead atoms. The molecule has 288 valence electrons. The van der Waals surface area contributed by atoms with Crippen LogP contribution in [0.5, 0.6) is 0 Å². The number of para-hydroxylation sites is 1. The third-order valence-corrected chi connectivity index (χ3v) is 12.5. The lowest BCUT2D eigenvalue weighted by molar-refractivity contribution is -0.706. The third-order valence-electron chi connectivity index (χ3n) is 12.5. The van der Waals surface area contributed by atoms with Gasteiger partial charge >= 0.3 is 6.17 Å². The van der Waals surface area contributed by atoms with E-state index in [1.165, 1.54) is 67.2 Å². The van der Waals surface area contributed by atoms with Gasteiger partial charge in [0.2, 0.25) is 11.4 Å². The Morgan fingerprint density at radius 1 is 0.518 bits per heavy atom. The largest absolute Gasteiger partial charge is 0.372 e. The second kappa shape index (κ2) is 16.1. The van der Waals surface area contributed by atoms with Crippen molar-refractivity contribution in [2.45, 2.75) is 92.2 Å². The van der Waals surface area contributed by atoms with E-state index >= 15 is 0 Å². The van der Waals surface area contributed by atoms with E-state index in [-0.39, 0.29) is 17.0 Å². The molecule has 0 saturated heterocycles. The van der Waals surface area contributed by atoms with E-state index in [0.29, 0.717) is 0 Å². The number of hydrogen-bond acceptors (Lipinski definition) is 2. The average molecular weight is 743 g/mol. The van der Waals surface area contributed by atoms with Crippen LogP contribution in [0.15, 0.2) is 121 Å². The summed E-state index contributed by atoms with van der Waals surface area (Å²) in [5.41, 5.74) is 12.6. The smallest absolute Gasteiger partial charge is 0.353 e. The fraction of sp³-hybridized carbons (Fsp3) is 0.346. The van der Waals surface area contributed by atoms with E-state index in [1.807, 2.05) is 0 Å². The molecule has 1 atom stereocenters. The molecular formula is C52H62N4+2. The van der Waals surface area contributed by atoms with Crippen LogP contribution in [-0.2, 0) is 10.8 Å². The van der Waals surface area contributed by atoms with Gasteiger partial charge in [0, 0.05) is 73.0 Å². The molecule has 2 heterocycles. The Labute approximate surface area is 336 Å². The predicted molar refractivity (Wildman–Crippen MR) is 243 cm³/mol. The Hall–Kier alpha value is -5.22. The maximum Gasteiger partial charge on any atom is 0.353 e. The van der Waals surface area contributed by atoms with Crippen molar-refractivity contribution in [3.8, 4) is 0 Å². The number of anilines is 2. The Balaban J connectivity index is 1.44. The standard InChI is InChI=1S/C52H62N4/c1-10-19-49(55-45-23-18-17-22-44(45)51(6,7)47(55)36-28-38-24-31-41(32-25-38)53(11-2)12-3)56-46-35-30-40-20-15-16-21-43(40)50(46)52(8,9)48(56)37-29-39-26-33-42(34-27-39)54(13-4)14-5/h15-18,20-37,49H,10-14,19H2,1-9H3/q+2. The van der Waals surface area contributed by atoms with Crippen LogP contribution in [0.25, 0.3) is 22.9 Å². The summed E-state index contributed by atoms with van der Waals surface area (Å²) in [6.07, 6.45) is 11.6. The van der Waals surface area contributed by atoms with Crippen molar-refractivity contribution >= 4 is 57.1 Å². The molecule has 0 spiro atoms. The van der Waals surface area contributed by atoms with E-state index < -0.39 is 0 Å². The number of hydrogen-bond donors (Lipinski definition) is 0. The first-order valence-corrected chi connectivity index (χ1v) is 21.1. The van der Waals surface area contributed by atoms with Crippen LogP contribution >= 0.6 is 0 Å². The van der Waals surface area contributed by atoms with E-state index in [9.17, 15) is 0 Å². The summed E-state index contributed by atoms with van der Waals surface area (Å²) < 4.78 is 5.39. The number of rotatable bonds is 14. The Morgan fingerprint density at radius 3 is 1.57 bits per heavy atom. The van der Waals surface area contributed by atoms with E-state index in [2.05, 4.69) is 215 Å². The second-order valence-corrected chi connectivity index (χ2v) is 16.4. The first kappa shape index (κ1) is 39.0. The molecule has 4 heteroatoms. The van der Waals surface area contributed by atoms with Crippen LogP contribution in [0.2, 0.25) is 0 Å². The summed E-state index contributed by atoms with van der Waals surface area (Å²) in [7, 11) is 0. The van der Waals surface area contributed by atoms with Gasteiger partial charge in [-0.15, -0.1) is 9.15 Å². The van der Waals surface area contributed by atoms with Crippen molar-refractivity contribution in [3.63, 3.8) is 0 Å².